The van der Waals surface area contributed by atoms with Crippen molar-refractivity contribution in [3.05, 3.63) is 47.3 Å². The maximum atomic E-state index is 3.34. The third-order valence-corrected chi connectivity index (χ3v) is 6.59. The molecule has 0 aliphatic heterocycles. The van der Waals surface area contributed by atoms with Crippen LogP contribution in [0.5, 0.6) is 0 Å². The number of hydrogen-bond donors (Lipinski definition) is 0. The first-order valence-corrected chi connectivity index (χ1v) is 8.03. The number of benzene rings is 1. The summed E-state index contributed by atoms with van der Waals surface area (Å²) in [5.74, 6) is 0. The lowest BCUT2D eigenvalue weighted by molar-refractivity contribution is 1.55. The first kappa shape index (κ1) is 11.0. The Hall–Kier alpha value is -1.04. The van der Waals surface area contributed by atoms with Gasteiger partial charge in [0.15, 0.2) is 0 Å². The van der Waals surface area contributed by atoms with Gasteiger partial charge in [0.1, 0.15) is 8.07 Å². The highest BCUT2D eigenvalue weighted by molar-refractivity contribution is 6.95. The van der Waals surface area contributed by atoms with Crippen LogP contribution in [0.25, 0.3) is 0 Å². The van der Waals surface area contributed by atoms with Crippen LogP contribution < -0.4 is 5.19 Å². The third-order valence-electron chi connectivity index (χ3n) is 2.79. The van der Waals surface area contributed by atoms with Gasteiger partial charge < -0.3 is 0 Å². The van der Waals surface area contributed by atoms with Gasteiger partial charge in [-0.15, -0.1) is 5.73 Å². The topological polar surface area (TPSA) is 0 Å². The fraction of sp³-hybridized carbons (Fsp3) is 0.308. The molecule has 0 aromatic heterocycles. The van der Waals surface area contributed by atoms with Gasteiger partial charge >= 0.3 is 0 Å². The summed E-state index contributed by atoms with van der Waals surface area (Å²) >= 11 is 0. The Kier molecular flexibility index (Phi) is 3.51. The predicted molar refractivity (Wildman–Crippen MR) is 66.5 cm³/mol. The van der Waals surface area contributed by atoms with Crippen molar-refractivity contribution in [2.45, 2.75) is 26.9 Å². The van der Waals surface area contributed by atoms with Crippen LogP contribution in [0, 0.1) is 0 Å². The Morgan fingerprint density at radius 3 is 2.29 bits per heavy atom. The van der Waals surface area contributed by atoms with E-state index >= 15 is 0 Å². The predicted octanol–water partition coefficient (Wildman–Crippen LogP) is 3.26. The third kappa shape index (κ3) is 2.25. The van der Waals surface area contributed by atoms with Gasteiger partial charge in [-0.3, -0.25) is 0 Å². The normalized spacial score (nSPS) is 10.6. The van der Waals surface area contributed by atoms with Crippen LogP contribution in [0.3, 0.4) is 0 Å². The second kappa shape index (κ2) is 4.45. The van der Waals surface area contributed by atoms with E-state index in [1.165, 1.54) is 10.4 Å². The lowest BCUT2D eigenvalue weighted by atomic mass is 10.4. The largest absolute Gasteiger partial charge is 0.131 e. The molecule has 0 spiro atoms. The first-order chi connectivity index (χ1) is 6.59. The molecule has 0 atom stereocenters. The van der Waals surface area contributed by atoms with Crippen LogP contribution in [0.2, 0.25) is 13.1 Å². The quantitative estimate of drug-likeness (QED) is 0.510. The van der Waals surface area contributed by atoms with Gasteiger partial charge in [-0.05, 0) is 25.1 Å². The Bertz CT molecular complexity index is 354. The monoisotopic (exact) mass is 202 g/mol. The van der Waals surface area contributed by atoms with E-state index in [9.17, 15) is 0 Å². The van der Waals surface area contributed by atoms with E-state index < -0.39 is 8.07 Å². The van der Waals surface area contributed by atoms with Gasteiger partial charge in [0.25, 0.3) is 0 Å². The lowest BCUT2D eigenvalue weighted by Gasteiger charge is -2.22. The van der Waals surface area contributed by atoms with Crippen LogP contribution >= 0.6 is 0 Å². The van der Waals surface area contributed by atoms with Crippen molar-refractivity contribution in [2.75, 3.05) is 0 Å². The molecule has 1 aromatic carbocycles. The minimum Gasteiger partial charge on any atom is -0.131 e. The standard InChI is InChI=1S/C13H18Si/c1-5-9-12(2)14(3,4)13-10-7-6-8-11-13/h5-8,10-11H,1-4H3. The summed E-state index contributed by atoms with van der Waals surface area (Å²) in [5.41, 5.74) is 3.34. The van der Waals surface area contributed by atoms with Crippen LogP contribution in [0.15, 0.2) is 47.3 Å². The summed E-state index contributed by atoms with van der Waals surface area (Å²) < 4.78 is 0. The highest BCUT2D eigenvalue weighted by Crippen LogP contribution is 2.12. The van der Waals surface area contributed by atoms with Gasteiger partial charge in [0, 0.05) is 0 Å². The molecule has 1 heteroatoms. The van der Waals surface area contributed by atoms with E-state index in [0.717, 1.165) is 0 Å². The van der Waals surface area contributed by atoms with E-state index in [4.69, 9.17) is 0 Å². The van der Waals surface area contributed by atoms with Crippen molar-refractivity contribution in [2.24, 2.45) is 0 Å². The second-order valence-corrected chi connectivity index (χ2v) is 8.63. The lowest BCUT2D eigenvalue weighted by Crippen LogP contribution is -2.42. The summed E-state index contributed by atoms with van der Waals surface area (Å²) in [6.07, 6.45) is 2.01. The SMILES string of the molecule is CC=C=C(C)[Si](C)(C)c1ccccc1. The average molecular weight is 202 g/mol. The first-order valence-electron chi connectivity index (χ1n) is 5.03. The summed E-state index contributed by atoms with van der Waals surface area (Å²) in [6.45, 7) is 8.96. The van der Waals surface area contributed by atoms with Gasteiger partial charge in [0.05, 0.1) is 0 Å². The van der Waals surface area contributed by atoms with Crippen LogP contribution in [-0.2, 0) is 0 Å². The second-order valence-electron chi connectivity index (χ2n) is 4.05. The zero-order chi connectivity index (χ0) is 10.6. The molecule has 0 aliphatic carbocycles. The molecule has 0 heterocycles. The zero-order valence-corrected chi connectivity index (χ0v) is 10.5. The Labute approximate surface area is 88.0 Å². The van der Waals surface area contributed by atoms with E-state index in [-0.39, 0.29) is 0 Å². The van der Waals surface area contributed by atoms with Crippen LogP contribution in [-0.4, -0.2) is 8.07 Å². The molecule has 0 amide bonds. The highest BCUT2D eigenvalue weighted by atomic mass is 28.3. The van der Waals surface area contributed by atoms with Crippen molar-refractivity contribution < 1.29 is 0 Å². The molecule has 0 fully saturated rings. The minimum atomic E-state index is -1.43. The van der Waals surface area contributed by atoms with Gasteiger partial charge in [-0.1, -0.05) is 48.6 Å². The molecule has 0 unspecified atom stereocenters. The van der Waals surface area contributed by atoms with Crippen LogP contribution in [0.4, 0.5) is 0 Å². The molecule has 0 nitrogen and oxygen atoms in total. The molecule has 14 heavy (non-hydrogen) atoms. The maximum Gasteiger partial charge on any atom is 0.116 e. The Balaban J connectivity index is 3.15. The van der Waals surface area contributed by atoms with Crippen molar-refractivity contribution in [1.29, 1.82) is 0 Å². The van der Waals surface area contributed by atoms with Crippen molar-refractivity contribution >= 4 is 13.3 Å². The average Bonchev–Trinajstić information content (AvgIpc) is 2.19. The maximum absolute atomic E-state index is 3.34. The summed E-state index contributed by atoms with van der Waals surface area (Å²) in [7, 11) is -1.43. The van der Waals surface area contributed by atoms with Crippen molar-refractivity contribution in [3.63, 3.8) is 0 Å². The summed E-state index contributed by atoms with van der Waals surface area (Å²) in [4.78, 5) is 0. The van der Waals surface area contributed by atoms with Crippen molar-refractivity contribution in [1.82, 2.24) is 0 Å². The molecule has 0 radical (unpaired) electrons. The fourth-order valence-corrected chi connectivity index (χ4v) is 3.43. The van der Waals surface area contributed by atoms with E-state index in [1.807, 2.05) is 13.0 Å². The molecular formula is C13H18Si. The molecule has 0 aliphatic rings. The number of allylic oxidation sites excluding steroid dienone is 1. The smallest absolute Gasteiger partial charge is 0.116 e. The van der Waals surface area contributed by atoms with E-state index in [0.29, 0.717) is 0 Å². The molecule has 0 bridgehead atoms. The van der Waals surface area contributed by atoms with Gasteiger partial charge in [-0.2, -0.15) is 0 Å². The Morgan fingerprint density at radius 2 is 1.79 bits per heavy atom. The fourth-order valence-electron chi connectivity index (χ4n) is 1.47. The van der Waals surface area contributed by atoms with E-state index in [2.05, 4.69) is 56.1 Å². The number of rotatable bonds is 2. The summed E-state index contributed by atoms with van der Waals surface area (Å²) in [5, 5.41) is 2.89. The van der Waals surface area contributed by atoms with Crippen molar-refractivity contribution in [3.8, 4) is 0 Å². The Morgan fingerprint density at radius 1 is 1.21 bits per heavy atom. The molecular weight excluding hydrogens is 184 g/mol. The molecule has 0 N–H and O–H groups in total. The van der Waals surface area contributed by atoms with Crippen LogP contribution in [0.1, 0.15) is 13.8 Å². The molecule has 1 aromatic rings. The minimum absolute atomic E-state index is 1.41. The molecule has 0 saturated carbocycles. The number of hydrogen-bond acceptors (Lipinski definition) is 0. The van der Waals surface area contributed by atoms with Gasteiger partial charge in [0.2, 0.25) is 0 Å². The molecule has 74 valence electrons. The van der Waals surface area contributed by atoms with E-state index in [1.54, 1.807) is 0 Å². The zero-order valence-electron chi connectivity index (χ0n) is 9.46. The highest BCUT2D eigenvalue weighted by Gasteiger charge is 2.24. The van der Waals surface area contributed by atoms with Gasteiger partial charge in [-0.25, -0.2) is 0 Å². The molecule has 0 saturated heterocycles. The summed E-state index contributed by atoms with van der Waals surface area (Å²) in [6, 6.07) is 10.8. The molecule has 1 rings (SSSR count).